The fraction of sp³-hybridized carbons (Fsp3) is 0.286. The predicted molar refractivity (Wildman–Crippen MR) is 105 cm³/mol. The van der Waals surface area contributed by atoms with E-state index >= 15 is 0 Å². The maximum absolute atomic E-state index is 12.3. The molecule has 146 valence electrons. The smallest absolute Gasteiger partial charge is 0.338 e. The molecule has 0 aliphatic carbocycles. The van der Waals surface area contributed by atoms with Crippen molar-refractivity contribution in [2.24, 2.45) is 0 Å². The van der Waals surface area contributed by atoms with Crippen molar-refractivity contribution >= 4 is 29.0 Å². The van der Waals surface area contributed by atoms with Crippen molar-refractivity contribution in [3.8, 4) is 5.75 Å². The van der Waals surface area contributed by atoms with E-state index in [1.54, 1.807) is 24.3 Å². The molecule has 0 atom stereocenters. The van der Waals surface area contributed by atoms with Gasteiger partial charge < -0.3 is 19.7 Å². The average Bonchev–Trinajstić information content (AvgIpc) is 2.72. The molecule has 0 saturated carbocycles. The number of hydrogen-bond donors (Lipinski definition) is 1. The lowest BCUT2D eigenvalue weighted by Gasteiger charge is -2.20. The molecule has 7 heteroatoms. The molecule has 3 rings (SSSR count). The molecule has 0 unspecified atom stereocenters. The van der Waals surface area contributed by atoms with Crippen molar-refractivity contribution < 1.29 is 23.9 Å². The molecule has 28 heavy (non-hydrogen) atoms. The monoisotopic (exact) mass is 382 g/mol. The molecule has 2 aromatic carbocycles. The molecule has 1 aliphatic heterocycles. The maximum atomic E-state index is 12.3. The SMILES string of the molecule is CCN(CC)c1ccc(C(=O)OCC(=O)c2ccc3c(c2)NC(=O)CO3)cc1. The number of carbonyl (C=O) groups excluding carboxylic acids is 3. The molecule has 1 aliphatic rings. The van der Waals surface area contributed by atoms with Crippen LogP contribution in [0.25, 0.3) is 0 Å². The van der Waals surface area contributed by atoms with Gasteiger partial charge in [0.25, 0.3) is 5.91 Å². The van der Waals surface area contributed by atoms with E-state index in [9.17, 15) is 14.4 Å². The second-order valence-electron chi connectivity index (χ2n) is 6.27. The lowest BCUT2D eigenvalue weighted by molar-refractivity contribution is -0.118. The first-order valence-electron chi connectivity index (χ1n) is 9.13. The number of nitrogens with one attached hydrogen (secondary N) is 1. The second kappa shape index (κ2) is 8.56. The Morgan fingerprint density at radius 1 is 1.07 bits per heavy atom. The van der Waals surface area contributed by atoms with E-state index in [4.69, 9.17) is 9.47 Å². The zero-order valence-electron chi connectivity index (χ0n) is 15.9. The van der Waals surface area contributed by atoms with E-state index in [0.717, 1.165) is 18.8 Å². The Hall–Kier alpha value is -3.35. The summed E-state index contributed by atoms with van der Waals surface area (Å²) in [4.78, 5) is 38.1. The Morgan fingerprint density at radius 3 is 2.43 bits per heavy atom. The minimum atomic E-state index is -0.561. The first kappa shape index (κ1) is 19.4. The molecule has 0 saturated heterocycles. The molecule has 0 bridgehead atoms. The average molecular weight is 382 g/mol. The molecule has 1 heterocycles. The maximum Gasteiger partial charge on any atom is 0.338 e. The normalized spacial score (nSPS) is 12.4. The Bertz CT molecular complexity index is 888. The quantitative estimate of drug-likeness (QED) is 0.585. The van der Waals surface area contributed by atoms with Crippen LogP contribution in [0.1, 0.15) is 34.6 Å². The van der Waals surface area contributed by atoms with Gasteiger partial charge in [-0.1, -0.05) is 0 Å². The van der Waals surface area contributed by atoms with Crippen molar-refractivity contribution in [3.63, 3.8) is 0 Å². The van der Waals surface area contributed by atoms with E-state index in [2.05, 4.69) is 24.1 Å². The van der Waals surface area contributed by atoms with Gasteiger partial charge >= 0.3 is 5.97 Å². The zero-order chi connectivity index (χ0) is 20.1. The fourth-order valence-corrected chi connectivity index (χ4v) is 2.95. The summed E-state index contributed by atoms with van der Waals surface area (Å²) in [6.07, 6.45) is 0. The number of benzene rings is 2. The molecule has 7 nitrogen and oxygen atoms in total. The number of hydrogen-bond acceptors (Lipinski definition) is 6. The van der Waals surface area contributed by atoms with Gasteiger partial charge in [-0.2, -0.15) is 0 Å². The molecule has 0 radical (unpaired) electrons. The molecule has 0 aromatic heterocycles. The van der Waals surface area contributed by atoms with Gasteiger partial charge in [-0.15, -0.1) is 0 Å². The number of fused-ring (bicyclic) bond motifs is 1. The highest BCUT2D eigenvalue weighted by atomic mass is 16.5. The van der Waals surface area contributed by atoms with Crippen molar-refractivity contribution in [2.75, 3.05) is 36.5 Å². The molecular formula is C21H22N2O5. The van der Waals surface area contributed by atoms with Gasteiger partial charge in [0.05, 0.1) is 11.3 Å². The lowest BCUT2D eigenvalue weighted by atomic mass is 10.1. The summed E-state index contributed by atoms with van der Waals surface area (Å²) < 4.78 is 10.4. The Kier molecular flexibility index (Phi) is 5.93. The summed E-state index contributed by atoms with van der Waals surface area (Å²) in [5.74, 6) is -0.706. The minimum absolute atomic E-state index is 0.0506. The van der Waals surface area contributed by atoms with Crippen LogP contribution in [0.15, 0.2) is 42.5 Å². The third-order valence-electron chi connectivity index (χ3n) is 4.50. The summed E-state index contributed by atoms with van der Waals surface area (Å²) in [5, 5.41) is 2.64. The van der Waals surface area contributed by atoms with E-state index in [0.29, 0.717) is 22.6 Å². The summed E-state index contributed by atoms with van der Waals surface area (Å²) in [6, 6.07) is 11.8. The molecule has 2 aromatic rings. The van der Waals surface area contributed by atoms with Crippen LogP contribution in [0, 0.1) is 0 Å². The number of ether oxygens (including phenoxy) is 2. The Balaban J connectivity index is 1.60. The van der Waals surface area contributed by atoms with Crippen LogP contribution in [-0.4, -0.2) is 44.0 Å². The number of Topliss-reactive ketones (excluding diaryl/α,β-unsaturated/α-hetero) is 1. The van der Waals surface area contributed by atoms with Gasteiger partial charge in [0.1, 0.15) is 5.75 Å². The zero-order valence-corrected chi connectivity index (χ0v) is 15.9. The standard InChI is InChI=1S/C21H22N2O5/c1-3-23(4-2)16-8-5-14(6-9-16)21(26)28-12-18(24)15-7-10-19-17(11-15)22-20(25)13-27-19/h5-11H,3-4,12-13H2,1-2H3,(H,22,25). The van der Waals surface area contributed by atoms with Gasteiger partial charge in [0.15, 0.2) is 19.0 Å². The number of carbonyl (C=O) groups is 3. The van der Waals surface area contributed by atoms with Crippen molar-refractivity contribution in [1.82, 2.24) is 0 Å². The summed E-state index contributed by atoms with van der Waals surface area (Å²) in [7, 11) is 0. The fourth-order valence-electron chi connectivity index (χ4n) is 2.95. The van der Waals surface area contributed by atoms with Crippen LogP contribution < -0.4 is 15.0 Å². The molecule has 0 fully saturated rings. The van der Waals surface area contributed by atoms with Gasteiger partial charge in [-0.3, -0.25) is 9.59 Å². The molecule has 0 spiro atoms. The highest BCUT2D eigenvalue weighted by Crippen LogP contribution is 2.28. The largest absolute Gasteiger partial charge is 0.482 e. The number of nitrogens with zero attached hydrogens (tertiary/aromatic N) is 1. The molecular weight excluding hydrogens is 360 g/mol. The first-order valence-corrected chi connectivity index (χ1v) is 9.13. The molecule has 1 amide bonds. The highest BCUT2D eigenvalue weighted by Gasteiger charge is 2.19. The van der Waals surface area contributed by atoms with Crippen LogP contribution in [0.5, 0.6) is 5.75 Å². The van der Waals surface area contributed by atoms with E-state index in [-0.39, 0.29) is 24.9 Å². The number of anilines is 2. The van der Waals surface area contributed by atoms with Gasteiger partial charge in [-0.05, 0) is 56.3 Å². The van der Waals surface area contributed by atoms with Crippen LogP contribution in [0.4, 0.5) is 11.4 Å². The summed E-state index contributed by atoms with van der Waals surface area (Å²) >= 11 is 0. The van der Waals surface area contributed by atoms with Gasteiger partial charge in [0, 0.05) is 24.3 Å². The first-order chi connectivity index (χ1) is 13.5. The van der Waals surface area contributed by atoms with E-state index in [1.165, 1.54) is 6.07 Å². The lowest BCUT2D eigenvalue weighted by Crippen LogP contribution is -2.25. The third-order valence-corrected chi connectivity index (χ3v) is 4.50. The van der Waals surface area contributed by atoms with Crippen molar-refractivity contribution in [1.29, 1.82) is 0 Å². The second-order valence-corrected chi connectivity index (χ2v) is 6.27. The number of esters is 1. The highest BCUT2D eigenvalue weighted by molar-refractivity contribution is 6.02. The summed E-state index contributed by atoms with van der Waals surface area (Å²) in [5.41, 5.74) is 2.17. The van der Waals surface area contributed by atoms with Crippen LogP contribution >= 0.6 is 0 Å². The number of rotatable bonds is 7. The number of amides is 1. The number of ketones is 1. The topological polar surface area (TPSA) is 84.9 Å². The Morgan fingerprint density at radius 2 is 1.75 bits per heavy atom. The third kappa shape index (κ3) is 4.31. The van der Waals surface area contributed by atoms with Gasteiger partial charge in [-0.25, -0.2) is 4.79 Å². The van der Waals surface area contributed by atoms with Gasteiger partial charge in [0.2, 0.25) is 0 Å². The minimum Gasteiger partial charge on any atom is -0.482 e. The molecule has 1 N–H and O–H groups in total. The van der Waals surface area contributed by atoms with E-state index < -0.39 is 5.97 Å². The van der Waals surface area contributed by atoms with Crippen LogP contribution in [0.2, 0.25) is 0 Å². The Labute approximate surface area is 163 Å². The van der Waals surface area contributed by atoms with E-state index in [1.807, 2.05) is 12.1 Å². The van der Waals surface area contributed by atoms with Crippen molar-refractivity contribution in [3.05, 3.63) is 53.6 Å². The van der Waals surface area contributed by atoms with Crippen LogP contribution in [0.3, 0.4) is 0 Å². The summed E-state index contributed by atoms with van der Waals surface area (Å²) in [6.45, 7) is 5.45. The van der Waals surface area contributed by atoms with Crippen molar-refractivity contribution in [2.45, 2.75) is 13.8 Å². The van der Waals surface area contributed by atoms with Crippen LogP contribution in [-0.2, 0) is 9.53 Å². The predicted octanol–water partition coefficient (Wildman–Crippen LogP) is 2.90.